The van der Waals surface area contributed by atoms with E-state index in [1.165, 1.54) is 6.26 Å². The van der Waals surface area contributed by atoms with Gasteiger partial charge in [-0.15, -0.1) is 0 Å². The molecule has 1 unspecified atom stereocenters. The van der Waals surface area contributed by atoms with E-state index in [0.29, 0.717) is 30.7 Å². The molecule has 0 saturated carbocycles. The highest BCUT2D eigenvalue weighted by atomic mass is 32.1. The van der Waals surface area contributed by atoms with Gasteiger partial charge in [-0.3, -0.25) is 0 Å². The number of hydrogen-bond donors (Lipinski definition) is 1. The highest BCUT2D eigenvalue weighted by molar-refractivity contribution is 7.80. The Kier molecular flexibility index (Phi) is 5.75. The molecule has 0 aliphatic heterocycles. The van der Waals surface area contributed by atoms with E-state index in [1.807, 2.05) is 18.7 Å². The van der Waals surface area contributed by atoms with E-state index in [4.69, 9.17) is 27.1 Å². The number of nitrogens with zero attached hydrogens (tertiary/aromatic N) is 2. The van der Waals surface area contributed by atoms with Crippen molar-refractivity contribution >= 4 is 29.2 Å². The van der Waals surface area contributed by atoms with Gasteiger partial charge in [-0.2, -0.15) is 4.98 Å². The standard InChI is InChI=1S/C12H19N3O3S/c1-4-15(6-8(3)10(13)19)12-14-9(7-18-12)11(16)17-5-2/h7-8H,4-6H2,1-3H3,(H2,13,19). The maximum Gasteiger partial charge on any atom is 0.360 e. The zero-order chi connectivity index (χ0) is 14.4. The first-order valence-electron chi connectivity index (χ1n) is 6.16. The van der Waals surface area contributed by atoms with Crippen molar-refractivity contribution in [2.24, 2.45) is 11.7 Å². The predicted octanol–water partition coefficient (Wildman–Crippen LogP) is 1.60. The van der Waals surface area contributed by atoms with Gasteiger partial charge in [0, 0.05) is 19.0 Å². The molecule has 1 heterocycles. The number of oxazole rings is 1. The molecule has 0 radical (unpaired) electrons. The Bertz CT molecular complexity index is 447. The highest BCUT2D eigenvalue weighted by Crippen LogP contribution is 2.16. The van der Waals surface area contributed by atoms with Gasteiger partial charge in [-0.25, -0.2) is 4.79 Å². The fraction of sp³-hybridized carbons (Fsp3) is 0.583. The molecule has 1 atom stereocenters. The van der Waals surface area contributed by atoms with Crippen molar-refractivity contribution in [2.45, 2.75) is 20.8 Å². The molecule has 1 aromatic heterocycles. The molecule has 0 bridgehead atoms. The molecule has 1 rings (SSSR count). The second-order valence-electron chi connectivity index (χ2n) is 4.08. The van der Waals surface area contributed by atoms with Crippen molar-refractivity contribution in [3.05, 3.63) is 12.0 Å². The van der Waals surface area contributed by atoms with Crippen LogP contribution in [0.25, 0.3) is 0 Å². The monoisotopic (exact) mass is 285 g/mol. The Labute approximate surface area is 117 Å². The zero-order valence-corrected chi connectivity index (χ0v) is 12.2. The number of rotatable bonds is 7. The van der Waals surface area contributed by atoms with Gasteiger partial charge in [0.1, 0.15) is 6.26 Å². The van der Waals surface area contributed by atoms with Crippen LogP contribution in [0, 0.1) is 5.92 Å². The molecule has 0 fully saturated rings. The Morgan fingerprint density at radius 2 is 2.32 bits per heavy atom. The number of carbonyl (C=O) groups is 1. The van der Waals surface area contributed by atoms with Crippen LogP contribution in [-0.4, -0.2) is 35.6 Å². The minimum Gasteiger partial charge on any atom is -0.461 e. The van der Waals surface area contributed by atoms with Crippen LogP contribution in [0.5, 0.6) is 0 Å². The summed E-state index contributed by atoms with van der Waals surface area (Å²) in [5, 5.41) is 0. The molecule has 1 aromatic rings. The van der Waals surface area contributed by atoms with E-state index < -0.39 is 5.97 Å². The lowest BCUT2D eigenvalue weighted by atomic mass is 10.2. The first kappa shape index (κ1) is 15.4. The van der Waals surface area contributed by atoms with Gasteiger partial charge in [0.25, 0.3) is 6.01 Å². The highest BCUT2D eigenvalue weighted by Gasteiger charge is 2.19. The Balaban J connectivity index is 2.77. The van der Waals surface area contributed by atoms with Crippen molar-refractivity contribution < 1.29 is 13.9 Å². The van der Waals surface area contributed by atoms with E-state index in [-0.39, 0.29) is 11.6 Å². The largest absolute Gasteiger partial charge is 0.461 e. The second kappa shape index (κ2) is 7.08. The molecule has 19 heavy (non-hydrogen) atoms. The lowest BCUT2D eigenvalue weighted by Gasteiger charge is -2.21. The lowest BCUT2D eigenvalue weighted by molar-refractivity contribution is 0.0519. The molecule has 0 aliphatic rings. The summed E-state index contributed by atoms with van der Waals surface area (Å²) in [5.74, 6) is -0.455. The van der Waals surface area contributed by atoms with Gasteiger partial charge in [0.15, 0.2) is 5.69 Å². The van der Waals surface area contributed by atoms with Crippen molar-refractivity contribution in [3.63, 3.8) is 0 Å². The quantitative estimate of drug-likeness (QED) is 0.602. The molecule has 7 heteroatoms. The summed E-state index contributed by atoms with van der Waals surface area (Å²) in [4.78, 5) is 17.9. The van der Waals surface area contributed by atoms with Crippen LogP contribution in [0.15, 0.2) is 10.7 Å². The van der Waals surface area contributed by atoms with E-state index in [2.05, 4.69) is 4.98 Å². The molecule has 0 spiro atoms. The number of nitrogens with two attached hydrogens (primary N) is 1. The third kappa shape index (κ3) is 4.20. The fourth-order valence-corrected chi connectivity index (χ4v) is 1.55. The molecule has 0 saturated heterocycles. The van der Waals surface area contributed by atoms with Gasteiger partial charge in [-0.1, -0.05) is 19.1 Å². The molecular weight excluding hydrogens is 266 g/mol. The van der Waals surface area contributed by atoms with Crippen molar-refractivity contribution in [1.29, 1.82) is 0 Å². The molecule has 106 valence electrons. The number of ether oxygens (including phenoxy) is 1. The Morgan fingerprint density at radius 3 is 2.84 bits per heavy atom. The molecular formula is C12H19N3O3S. The molecule has 0 amide bonds. The maximum absolute atomic E-state index is 11.5. The minimum absolute atomic E-state index is 0.0351. The first-order chi connectivity index (χ1) is 8.99. The smallest absolute Gasteiger partial charge is 0.360 e. The number of carbonyl (C=O) groups excluding carboxylic acids is 1. The average Bonchev–Trinajstić information content (AvgIpc) is 2.85. The predicted molar refractivity (Wildman–Crippen MR) is 76.3 cm³/mol. The van der Waals surface area contributed by atoms with Crippen LogP contribution >= 0.6 is 12.2 Å². The van der Waals surface area contributed by atoms with Gasteiger partial charge in [0.05, 0.1) is 11.6 Å². The maximum atomic E-state index is 11.5. The van der Waals surface area contributed by atoms with Crippen LogP contribution in [0.4, 0.5) is 6.01 Å². The number of aromatic nitrogens is 1. The molecule has 2 N–H and O–H groups in total. The van der Waals surface area contributed by atoms with E-state index in [0.717, 1.165) is 0 Å². The van der Waals surface area contributed by atoms with Gasteiger partial charge in [0.2, 0.25) is 0 Å². The lowest BCUT2D eigenvalue weighted by Crippen LogP contribution is -2.34. The van der Waals surface area contributed by atoms with Crippen LogP contribution < -0.4 is 10.6 Å². The van der Waals surface area contributed by atoms with Crippen molar-refractivity contribution in [2.75, 3.05) is 24.6 Å². The van der Waals surface area contributed by atoms with E-state index in [9.17, 15) is 4.79 Å². The average molecular weight is 285 g/mol. The Hall–Kier alpha value is -1.63. The summed E-state index contributed by atoms with van der Waals surface area (Å²) in [7, 11) is 0. The van der Waals surface area contributed by atoms with Crippen LogP contribution in [0.3, 0.4) is 0 Å². The minimum atomic E-state index is -0.490. The number of thiocarbonyl (C=S) groups is 1. The first-order valence-corrected chi connectivity index (χ1v) is 6.57. The van der Waals surface area contributed by atoms with Crippen LogP contribution in [0.2, 0.25) is 0 Å². The SMILES string of the molecule is CCOC(=O)c1coc(N(CC)CC(C)C(N)=S)n1. The van der Waals surface area contributed by atoms with Crippen LogP contribution in [0.1, 0.15) is 31.3 Å². The fourth-order valence-electron chi connectivity index (χ4n) is 1.47. The normalized spacial score (nSPS) is 11.9. The molecule has 0 aromatic carbocycles. The number of esters is 1. The zero-order valence-electron chi connectivity index (χ0n) is 11.4. The van der Waals surface area contributed by atoms with Crippen LogP contribution in [-0.2, 0) is 4.74 Å². The Morgan fingerprint density at radius 1 is 1.63 bits per heavy atom. The molecule has 6 nitrogen and oxygen atoms in total. The van der Waals surface area contributed by atoms with Crippen molar-refractivity contribution in [1.82, 2.24) is 4.98 Å². The third-order valence-corrected chi connectivity index (χ3v) is 3.01. The van der Waals surface area contributed by atoms with Gasteiger partial charge in [-0.05, 0) is 13.8 Å². The summed E-state index contributed by atoms with van der Waals surface area (Å²) in [6.07, 6.45) is 1.29. The van der Waals surface area contributed by atoms with E-state index in [1.54, 1.807) is 6.92 Å². The van der Waals surface area contributed by atoms with E-state index >= 15 is 0 Å². The topological polar surface area (TPSA) is 81.6 Å². The summed E-state index contributed by atoms with van der Waals surface area (Å²) >= 11 is 4.94. The molecule has 0 aliphatic carbocycles. The summed E-state index contributed by atoms with van der Waals surface area (Å²) < 4.78 is 10.1. The number of hydrogen-bond acceptors (Lipinski definition) is 6. The number of anilines is 1. The summed E-state index contributed by atoms with van der Waals surface area (Å²) in [5.41, 5.74) is 5.75. The summed E-state index contributed by atoms with van der Waals surface area (Å²) in [6.45, 7) is 7.20. The second-order valence-corrected chi connectivity index (χ2v) is 4.55. The third-order valence-electron chi connectivity index (χ3n) is 2.61. The van der Waals surface area contributed by atoms with Gasteiger partial charge >= 0.3 is 5.97 Å². The van der Waals surface area contributed by atoms with Gasteiger partial charge < -0.3 is 19.8 Å². The van der Waals surface area contributed by atoms with Crippen molar-refractivity contribution in [3.8, 4) is 0 Å². The summed E-state index contributed by atoms with van der Waals surface area (Å²) in [6, 6.07) is 0.369.